The smallest absolute Gasteiger partial charge is 0.230 e. The lowest BCUT2D eigenvalue weighted by molar-refractivity contribution is -0.122. The first-order valence-electron chi connectivity index (χ1n) is 8.30. The number of anilines is 1. The van der Waals surface area contributed by atoms with Crippen LogP contribution in [0.5, 0.6) is 0 Å². The largest absolute Gasteiger partial charge is 0.387 e. The summed E-state index contributed by atoms with van der Waals surface area (Å²) in [5.41, 5.74) is 8.73. The molecule has 1 aliphatic rings. The van der Waals surface area contributed by atoms with Gasteiger partial charge in [-0.15, -0.1) is 0 Å². The second-order valence-electron chi connectivity index (χ2n) is 6.47. The zero-order chi connectivity index (χ0) is 16.4. The van der Waals surface area contributed by atoms with Gasteiger partial charge in [-0.05, 0) is 50.3 Å². The van der Waals surface area contributed by atoms with Gasteiger partial charge in [0.2, 0.25) is 5.91 Å². The summed E-state index contributed by atoms with van der Waals surface area (Å²) in [5.74, 6) is 0.305. The van der Waals surface area contributed by atoms with Crippen LogP contribution in [0.4, 0.5) is 5.69 Å². The molecule has 1 aromatic rings. The van der Waals surface area contributed by atoms with Gasteiger partial charge in [-0.2, -0.15) is 0 Å². The molecule has 0 saturated carbocycles. The first-order chi connectivity index (χ1) is 10.4. The molecule has 4 nitrogen and oxygen atoms in total. The maximum atomic E-state index is 12.8. The maximum Gasteiger partial charge on any atom is 0.230 e. The Labute approximate surface area is 133 Å². The minimum absolute atomic E-state index is 0.0859. The monoisotopic (exact) mass is 304 g/mol. The minimum atomic E-state index is -0.663. The number of hydrogen-bond donors (Lipinski definition) is 2. The molecular formula is C18H28N2O2. The van der Waals surface area contributed by atoms with Crippen LogP contribution in [0.25, 0.3) is 0 Å². The number of aliphatic hydroxyl groups excluding tert-OH is 1. The zero-order valence-corrected chi connectivity index (χ0v) is 14.0. The van der Waals surface area contributed by atoms with E-state index in [1.54, 1.807) is 6.92 Å². The van der Waals surface area contributed by atoms with E-state index >= 15 is 0 Å². The fraction of sp³-hybridized carbons (Fsp3) is 0.611. The summed E-state index contributed by atoms with van der Waals surface area (Å²) in [6, 6.07) is 5.71. The molecule has 1 aliphatic heterocycles. The van der Waals surface area contributed by atoms with Gasteiger partial charge < -0.3 is 15.7 Å². The molecule has 0 spiro atoms. The molecule has 4 heteroatoms. The minimum Gasteiger partial charge on any atom is -0.387 e. The van der Waals surface area contributed by atoms with Gasteiger partial charge in [0, 0.05) is 23.7 Å². The van der Waals surface area contributed by atoms with E-state index in [4.69, 9.17) is 5.73 Å². The van der Waals surface area contributed by atoms with Crippen LogP contribution < -0.4 is 10.6 Å². The molecule has 0 aromatic heterocycles. The van der Waals surface area contributed by atoms with Crippen molar-refractivity contribution >= 4 is 11.6 Å². The average molecular weight is 304 g/mol. The second-order valence-corrected chi connectivity index (χ2v) is 6.47. The summed E-state index contributed by atoms with van der Waals surface area (Å²) in [7, 11) is 0. The zero-order valence-electron chi connectivity index (χ0n) is 14.0. The number of nitrogens with two attached hydrogens (primary N) is 1. The number of hydrogen-bond acceptors (Lipinski definition) is 3. The number of rotatable bonds is 5. The second kappa shape index (κ2) is 6.80. The van der Waals surface area contributed by atoms with Crippen LogP contribution in [0.15, 0.2) is 18.2 Å². The van der Waals surface area contributed by atoms with Crippen molar-refractivity contribution in [1.82, 2.24) is 0 Å². The average Bonchev–Trinajstić information content (AvgIpc) is 2.82. The molecule has 0 radical (unpaired) electrons. The summed E-state index contributed by atoms with van der Waals surface area (Å²) >= 11 is 0. The molecule has 22 heavy (non-hydrogen) atoms. The van der Waals surface area contributed by atoms with Gasteiger partial charge in [0.05, 0.1) is 6.10 Å². The standard InChI is InChI=1S/C18H28N2O2/c1-5-13(6-2)18(22)20-11(3)9-15-10-14(7-8-16(15)20)17(21)12(4)19/h7-8,10-13,17,21H,5-6,9,19H2,1-4H3. The molecule has 1 amide bonds. The third-order valence-corrected chi connectivity index (χ3v) is 4.73. The Morgan fingerprint density at radius 1 is 1.41 bits per heavy atom. The van der Waals surface area contributed by atoms with Crippen LogP contribution in [0, 0.1) is 5.92 Å². The van der Waals surface area contributed by atoms with E-state index < -0.39 is 6.10 Å². The molecule has 0 saturated heterocycles. The summed E-state index contributed by atoms with van der Waals surface area (Å²) in [4.78, 5) is 14.7. The van der Waals surface area contributed by atoms with Crippen molar-refractivity contribution < 1.29 is 9.90 Å². The Balaban J connectivity index is 2.32. The molecule has 3 N–H and O–H groups in total. The van der Waals surface area contributed by atoms with Gasteiger partial charge in [-0.3, -0.25) is 4.79 Å². The van der Waals surface area contributed by atoms with Crippen molar-refractivity contribution in [2.24, 2.45) is 11.7 Å². The molecule has 1 aromatic carbocycles. The van der Waals surface area contributed by atoms with E-state index in [9.17, 15) is 9.90 Å². The highest BCUT2D eigenvalue weighted by atomic mass is 16.3. The quantitative estimate of drug-likeness (QED) is 0.879. The highest BCUT2D eigenvalue weighted by molar-refractivity contribution is 5.97. The molecule has 0 bridgehead atoms. The Bertz CT molecular complexity index is 538. The van der Waals surface area contributed by atoms with Gasteiger partial charge in [0.25, 0.3) is 0 Å². The summed E-state index contributed by atoms with van der Waals surface area (Å²) in [6.07, 6.45) is 1.91. The lowest BCUT2D eigenvalue weighted by Crippen LogP contribution is -2.39. The van der Waals surface area contributed by atoms with Crippen molar-refractivity contribution in [3.05, 3.63) is 29.3 Å². The lowest BCUT2D eigenvalue weighted by Gasteiger charge is -2.27. The van der Waals surface area contributed by atoms with Crippen LogP contribution in [-0.4, -0.2) is 23.1 Å². The highest BCUT2D eigenvalue weighted by Gasteiger charge is 2.34. The Kier molecular flexibility index (Phi) is 5.24. The number of amides is 1. The maximum absolute atomic E-state index is 12.8. The van der Waals surface area contributed by atoms with E-state index in [0.29, 0.717) is 0 Å². The molecule has 2 rings (SSSR count). The predicted molar refractivity (Wildman–Crippen MR) is 89.8 cm³/mol. The third-order valence-electron chi connectivity index (χ3n) is 4.73. The van der Waals surface area contributed by atoms with Crippen LogP contribution in [0.1, 0.15) is 57.8 Å². The number of carbonyl (C=O) groups excluding carboxylic acids is 1. The summed E-state index contributed by atoms with van der Waals surface area (Å²) in [6.45, 7) is 8.01. The van der Waals surface area contributed by atoms with Gasteiger partial charge in [-0.1, -0.05) is 26.0 Å². The van der Waals surface area contributed by atoms with E-state index in [2.05, 4.69) is 20.8 Å². The SMILES string of the molecule is CCC(CC)C(=O)N1c2ccc(C(O)C(C)N)cc2CC1C. The van der Waals surface area contributed by atoms with E-state index in [1.807, 2.05) is 23.1 Å². The fourth-order valence-corrected chi connectivity index (χ4v) is 3.31. The number of fused-ring (bicyclic) bond motifs is 1. The van der Waals surface area contributed by atoms with Crippen LogP contribution in [-0.2, 0) is 11.2 Å². The van der Waals surface area contributed by atoms with Gasteiger partial charge in [0.1, 0.15) is 0 Å². The molecule has 122 valence electrons. The number of aliphatic hydroxyl groups is 1. The summed E-state index contributed by atoms with van der Waals surface area (Å²) < 4.78 is 0. The molecule has 0 aliphatic carbocycles. The van der Waals surface area contributed by atoms with Gasteiger partial charge in [0.15, 0.2) is 0 Å². The van der Waals surface area contributed by atoms with Crippen molar-refractivity contribution in [3.8, 4) is 0 Å². The van der Waals surface area contributed by atoms with E-state index in [0.717, 1.165) is 36.1 Å². The lowest BCUT2D eigenvalue weighted by atomic mass is 9.99. The van der Waals surface area contributed by atoms with Crippen molar-refractivity contribution in [2.45, 2.75) is 65.1 Å². The predicted octanol–water partition coefficient (Wildman–Crippen LogP) is 2.78. The molecular weight excluding hydrogens is 276 g/mol. The van der Waals surface area contributed by atoms with Crippen molar-refractivity contribution in [1.29, 1.82) is 0 Å². The van der Waals surface area contributed by atoms with E-state index in [-0.39, 0.29) is 23.9 Å². The van der Waals surface area contributed by atoms with Gasteiger partial charge >= 0.3 is 0 Å². The molecule has 3 unspecified atom stereocenters. The van der Waals surface area contributed by atoms with Crippen LogP contribution in [0.3, 0.4) is 0 Å². The van der Waals surface area contributed by atoms with Crippen LogP contribution in [0.2, 0.25) is 0 Å². The summed E-state index contributed by atoms with van der Waals surface area (Å²) in [5, 5.41) is 10.1. The normalized spacial score (nSPS) is 20.1. The third kappa shape index (κ3) is 3.03. The van der Waals surface area contributed by atoms with Crippen LogP contribution >= 0.6 is 0 Å². The van der Waals surface area contributed by atoms with Crippen molar-refractivity contribution in [2.75, 3.05) is 4.90 Å². The van der Waals surface area contributed by atoms with E-state index in [1.165, 1.54) is 0 Å². The Morgan fingerprint density at radius 2 is 2.05 bits per heavy atom. The Hall–Kier alpha value is -1.39. The topological polar surface area (TPSA) is 66.6 Å². The number of benzene rings is 1. The first kappa shape index (κ1) is 17.0. The number of nitrogens with zero attached hydrogens (tertiary/aromatic N) is 1. The fourth-order valence-electron chi connectivity index (χ4n) is 3.31. The Morgan fingerprint density at radius 3 is 2.59 bits per heavy atom. The molecule has 1 heterocycles. The molecule has 3 atom stereocenters. The number of carbonyl (C=O) groups is 1. The van der Waals surface area contributed by atoms with Gasteiger partial charge in [-0.25, -0.2) is 0 Å². The molecule has 0 fully saturated rings. The first-order valence-corrected chi connectivity index (χ1v) is 8.30. The van der Waals surface area contributed by atoms with Crippen molar-refractivity contribution in [3.63, 3.8) is 0 Å². The highest BCUT2D eigenvalue weighted by Crippen LogP contribution is 2.36.